The molecule has 0 saturated heterocycles. The van der Waals surface area contributed by atoms with Gasteiger partial charge in [-0.2, -0.15) is 11.8 Å². The molecule has 0 saturated carbocycles. The number of amides is 3. The lowest BCUT2D eigenvalue weighted by atomic mass is 9.96. The Morgan fingerprint density at radius 2 is 1.89 bits per heavy atom. The van der Waals surface area contributed by atoms with Gasteiger partial charge in [0.05, 0.1) is 0 Å². The molecule has 0 aliphatic rings. The Bertz CT molecular complexity index is 905. The fourth-order valence-electron chi connectivity index (χ4n) is 3.59. The number of aryl methyl sites for hydroxylation is 2. The van der Waals surface area contributed by atoms with Gasteiger partial charge in [0.2, 0.25) is 5.91 Å². The Hall–Kier alpha value is -2.66. The molecule has 2 N–H and O–H groups in total. The number of terminal acetylenes is 1. The molecule has 2 atom stereocenters. The van der Waals surface area contributed by atoms with Gasteiger partial charge in [-0.15, -0.1) is 0 Å². The highest BCUT2D eigenvalue weighted by Crippen LogP contribution is 2.26. The number of alkyl carbamates (subject to hydrolysis) is 1. The maximum atomic E-state index is 13.7. The zero-order valence-corrected chi connectivity index (χ0v) is 23.0. The van der Waals surface area contributed by atoms with Crippen molar-refractivity contribution in [3.8, 4) is 12.5 Å². The Morgan fingerprint density at radius 3 is 2.43 bits per heavy atom. The summed E-state index contributed by atoms with van der Waals surface area (Å²) in [4.78, 5) is 40.6. The summed E-state index contributed by atoms with van der Waals surface area (Å²) in [7, 11) is 0. The standard InChI is InChI=1S/C27H41N3O4S/c1-9-11-12-16-28-24(31)23(21-14-13-19(3)18-20(21)4)30(10-2)25(32)22(15-17-35-8)29-26(33)34-27(5,6)7/h2,13-14,18,22-23H,9,11-12,15-17H2,1,3-8H3,(H,28,31)(H,29,33). The molecule has 0 spiro atoms. The molecule has 7 nitrogen and oxygen atoms in total. The Morgan fingerprint density at radius 1 is 1.20 bits per heavy atom. The van der Waals surface area contributed by atoms with Crippen LogP contribution in [0.4, 0.5) is 4.79 Å². The molecule has 2 unspecified atom stereocenters. The maximum absolute atomic E-state index is 13.7. The van der Waals surface area contributed by atoms with Gasteiger partial charge in [0.25, 0.3) is 5.91 Å². The zero-order valence-electron chi connectivity index (χ0n) is 22.2. The van der Waals surface area contributed by atoms with Crippen LogP contribution in [0, 0.1) is 26.3 Å². The first-order chi connectivity index (χ1) is 16.4. The van der Waals surface area contributed by atoms with Crippen LogP contribution in [-0.4, -0.2) is 53.0 Å². The van der Waals surface area contributed by atoms with E-state index >= 15 is 0 Å². The van der Waals surface area contributed by atoms with E-state index in [1.165, 1.54) is 0 Å². The van der Waals surface area contributed by atoms with Crippen molar-refractivity contribution in [3.63, 3.8) is 0 Å². The van der Waals surface area contributed by atoms with Crippen LogP contribution in [0.1, 0.15) is 76.1 Å². The normalized spacial score (nSPS) is 12.7. The Labute approximate surface area is 215 Å². The van der Waals surface area contributed by atoms with Crippen molar-refractivity contribution in [2.45, 2.75) is 84.9 Å². The van der Waals surface area contributed by atoms with Crippen molar-refractivity contribution in [1.29, 1.82) is 0 Å². The van der Waals surface area contributed by atoms with E-state index in [9.17, 15) is 14.4 Å². The van der Waals surface area contributed by atoms with E-state index in [2.05, 4.69) is 23.6 Å². The molecule has 194 valence electrons. The van der Waals surface area contributed by atoms with Crippen LogP contribution in [0.2, 0.25) is 0 Å². The van der Waals surface area contributed by atoms with Crippen molar-refractivity contribution in [2.75, 3.05) is 18.6 Å². The van der Waals surface area contributed by atoms with E-state index in [1.54, 1.807) is 32.5 Å². The molecule has 0 aromatic heterocycles. The smallest absolute Gasteiger partial charge is 0.408 e. The number of carbonyl (C=O) groups is 3. The molecular weight excluding hydrogens is 462 g/mol. The highest BCUT2D eigenvalue weighted by Gasteiger charge is 2.36. The minimum atomic E-state index is -1.02. The summed E-state index contributed by atoms with van der Waals surface area (Å²) >= 11 is 1.54. The fourth-order valence-corrected chi connectivity index (χ4v) is 4.06. The van der Waals surface area contributed by atoms with E-state index in [0.717, 1.165) is 35.3 Å². The molecule has 0 fully saturated rings. The molecule has 0 heterocycles. The number of rotatable bonds is 12. The lowest BCUT2D eigenvalue weighted by Crippen LogP contribution is -2.51. The molecule has 1 aromatic carbocycles. The van der Waals surface area contributed by atoms with E-state index < -0.39 is 29.7 Å². The van der Waals surface area contributed by atoms with Gasteiger partial charge >= 0.3 is 6.09 Å². The van der Waals surface area contributed by atoms with Crippen LogP contribution >= 0.6 is 11.8 Å². The van der Waals surface area contributed by atoms with Crippen LogP contribution in [-0.2, 0) is 14.3 Å². The van der Waals surface area contributed by atoms with Crippen LogP contribution in [0.25, 0.3) is 0 Å². The van der Waals surface area contributed by atoms with Crippen LogP contribution < -0.4 is 10.6 Å². The minimum Gasteiger partial charge on any atom is -0.444 e. The van der Waals surface area contributed by atoms with Crippen molar-refractivity contribution in [3.05, 3.63) is 34.9 Å². The number of unbranched alkanes of at least 4 members (excludes halogenated alkanes) is 2. The SMILES string of the molecule is C#CN(C(=O)C(CCSC)NC(=O)OC(C)(C)C)C(C(=O)NCCCCC)c1ccc(C)cc1C. The number of hydrogen-bond donors (Lipinski definition) is 2. The van der Waals surface area contributed by atoms with Gasteiger partial charge in [0, 0.05) is 12.6 Å². The third kappa shape index (κ3) is 10.2. The first-order valence-corrected chi connectivity index (χ1v) is 13.5. The van der Waals surface area contributed by atoms with E-state index in [0.29, 0.717) is 24.3 Å². The second-order valence-corrected chi connectivity index (χ2v) is 10.6. The maximum Gasteiger partial charge on any atom is 0.408 e. The monoisotopic (exact) mass is 503 g/mol. The predicted octanol–water partition coefficient (Wildman–Crippen LogP) is 4.72. The fraction of sp³-hybridized carbons (Fsp3) is 0.593. The number of carbonyl (C=O) groups excluding carboxylic acids is 3. The second-order valence-electron chi connectivity index (χ2n) is 9.58. The average molecular weight is 504 g/mol. The average Bonchev–Trinajstić information content (AvgIpc) is 2.76. The van der Waals surface area contributed by atoms with Gasteiger partial charge < -0.3 is 15.4 Å². The lowest BCUT2D eigenvalue weighted by molar-refractivity contribution is -0.138. The van der Waals surface area contributed by atoms with Crippen molar-refractivity contribution >= 4 is 29.7 Å². The summed E-state index contributed by atoms with van der Waals surface area (Å²) in [5.74, 6) is -0.261. The number of ether oxygens (including phenoxy) is 1. The first kappa shape index (κ1) is 30.4. The molecule has 0 aliphatic heterocycles. The summed E-state index contributed by atoms with van der Waals surface area (Å²) in [6, 6.07) is 6.15. The van der Waals surface area contributed by atoms with Gasteiger partial charge in [-0.1, -0.05) is 50.0 Å². The van der Waals surface area contributed by atoms with Crippen LogP contribution in [0.15, 0.2) is 18.2 Å². The third-order valence-corrected chi connectivity index (χ3v) is 5.93. The number of benzene rings is 1. The number of thioether (sulfide) groups is 1. The molecule has 8 heteroatoms. The van der Waals surface area contributed by atoms with Crippen molar-refractivity contribution in [2.24, 2.45) is 0 Å². The molecule has 1 rings (SSSR count). The summed E-state index contributed by atoms with van der Waals surface area (Å²) < 4.78 is 5.35. The molecular formula is C27H41N3O4S. The molecule has 35 heavy (non-hydrogen) atoms. The number of nitrogens with one attached hydrogen (secondary N) is 2. The molecule has 0 bridgehead atoms. The molecule has 3 amide bonds. The van der Waals surface area contributed by atoms with Crippen LogP contribution in [0.3, 0.4) is 0 Å². The first-order valence-electron chi connectivity index (χ1n) is 12.1. The largest absolute Gasteiger partial charge is 0.444 e. The topological polar surface area (TPSA) is 87.7 Å². The Balaban J connectivity index is 3.33. The van der Waals surface area contributed by atoms with E-state index in [1.807, 2.05) is 38.3 Å². The number of hydrogen-bond acceptors (Lipinski definition) is 5. The minimum absolute atomic E-state index is 0.342. The molecule has 0 aliphatic carbocycles. The van der Waals surface area contributed by atoms with Gasteiger partial charge in [-0.3, -0.25) is 14.5 Å². The van der Waals surface area contributed by atoms with E-state index in [4.69, 9.17) is 11.2 Å². The van der Waals surface area contributed by atoms with Crippen molar-refractivity contribution < 1.29 is 19.1 Å². The zero-order chi connectivity index (χ0) is 26.6. The van der Waals surface area contributed by atoms with E-state index in [-0.39, 0.29) is 5.91 Å². The lowest BCUT2D eigenvalue weighted by Gasteiger charge is -2.31. The van der Waals surface area contributed by atoms with Gasteiger partial charge in [0.1, 0.15) is 17.7 Å². The summed E-state index contributed by atoms with van der Waals surface area (Å²) in [6.07, 6.45) is 10.2. The van der Waals surface area contributed by atoms with Gasteiger partial charge in [-0.05, 0) is 70.6 Å². The van der Waals surface area contributed by atoms with Crippen LogP contribution in [0.5, 0.6) is 0 Å². The summed E-state index contributed by atoms with van der Waals surface area (Å²) in [5.41, 5.74) is 1.82. The Kier molecular flexibility index (Phi) is 12.7. The third-order valence-electron chi connectivity index (χ3n) is 5.28. The van der Waals surface area contributed by atoms with Gasteiger partial charge in [0.15, 0.2) is 0 Å². The van der Waals surface area contributed by atoms with Crippen molar-refractivity contribution in [1.82, 2.24) is 15.5 Å². The molecule has 1 aromatic rings. The summed E-state index contributed by atoms with van der Waals surface area (Å²) in [5, 5.41) is 5.60. The van der Waals surface area contributed by atoms with Gasteiger partial charge in [-0.25, -0.2) is 4.79 Å². The predicted molar refractivity (Wildman–Crippen MR) is 143 cm³/mol. The quantitative estimate of drug-likeness (QED) is 0.245. The number of nitrogens with zero attached hydrogens (tertiary/aromatic N) is 1. The molecule has 0 radical (unpaired) electrons. The second kappa shape index (κ2) is 14.7. The summed E-state index contributed by atoms with van der Waals surface area (Å²) in [6.45, 7) is 11.7. The highest BCUT2D eigenvalue weighted by molar-refractivity contribution is 7.98. The highest BCUT2D eigenvalue weighted by atomic mass is 32.2.